The molecule has 0 aliphatic carbocycles. The second-order valence-corrected chi connectivity index (χ2v) is 7.06. The van der Waals surface area contributed by atoms with Crippen LogP contribution in [0.3, 0.4) is 0 Å². The van der Waals surface area contributed by atoms with Gasteiger partial charge in [-0.3, -0.25) is 10.1 Å². The summed E-state index contributed by atoms with van der Waals surface area (Å²) >= 11 is 7.92. The maximum atomic E-state index is 11.8. The van der Waals surface area contributed by atoms with E-state index in [4.69, 9.17) is 16.7 Å². The Hall–Kier alpha value is -1.84. The lowest BCUT2D eigenvalue weighted by atomic mass is 10.3. The fraction of sp³-hybridized carbons (Fsp3) is 0.167. The summed E-state index contributed by atoms with van der Waals surface area (Å²) in [7, 11) is 0. The second-order valence-electron chi connectivity index (χ2n) is 4.06. The molecule has 1 aromatic carbocycles. The lowest BCUT2D eigenvalue weighted by Crippen LogP contribution is -2.19. The van der Waals surface area contributed by atoms with E-state index in [2.05, 4.69) is 20.8 Å². The SMILES string of the molecule is C[C@@H](Sc1nnc(NC(=O)Nc2ccc(Cl)cc2)s1)C(=O)O. The van der Waals surface area contributed by atoms with Gasteiger partial charge < -0.3 is 10.4 Å². The first-order valence-corrected chi connectivity index (χ1v) is 8.08. The number of carboxylic acids is 1. The van der Waals surface area contributed by atoms with Crippen LogP contribution in [0.4, 0.5) is 15.6 Å². The number of aliphatic carboxylic acids is 1. The van der Waals surface area contributed by atoms with E-state index in [9.17, 15) is 9.59 Å². The van der Waals surface area contributed by atoms with Crippen LogP contribution in [0.15, 0.2) is 28.6 Å². The van der Waals surface area contributed by atoms with Crippen LogP contribution in [0.2, 0.25) is 5.02 Å². The molecule has 2 aromatic rings. The number of hydrogen-bond acceptors (Lipinski definition) is 6. The quantitative estimate of drug-likeness (QED) is 0.559. The minimum absolute atomic E-state index is 0.284. The smallest absolute Gasteiger partial charge is 0.325 e. The van der Waals surface area contributed by atoms with Crippen molar-refractivity contribution >= 4 is 57.5 Å². The number of nitrogens with one attached hydrogen (secondary N) is 2. The molecule has 0 fully saturated rings. The van der Waals surface area contributed by atoms with E-state index < -0.39 is 17.3 Å². The molecule has 0 saturated heterocycles. The molecule has 116 valence electrons. The van der Waals surface area contributed by atoms with Crippen LogP contribution in [-0.2, 0) is 4.79 Å². The first kappa shape index (κ1) is 16.5. The standard InChI is InChI=1S/C12H11ClN4O3S2/c1-6(9(18)19)21-12-17-16-11(22-12)15-10(20)14-8-4-2-7(13)3-5-8/h2-6H,1H3,(H,18,19)(H2,14,15,16,20)/t6-/m1/s1. The fourth-order valence-electron chi connectivity index (χ4n) is 1.30. The molecule has 1 aromatic heterocycles. The number of amides is 2. The summed E-state index contributed by atoms with van der Waals surface area (Å²) in [6, 6.07) is 6.17. The summed E-state index contributed by atoms with van der Waals surface area (Å²) in [5.74, 6) is -0.935. The molecule has 2 amide bonds. The molecule has 0 saturated carbocycles. The number of carbonyl (C=O) groups is 2. The molecular formula is C12H11ClN4O3S2. The first-order valence-electron chi connectivity index (χ1n) is 6.00. The first-order chi connectivity index (χ1) is 10.4. The molecular weight excluding hydrogens is 348 g/mol. The van der Waals surface area contributed by atoms with E-state index in [1.165, 1.54) is 0 Å². The highest BCUT2D eigenvalue weighted by Gasteiger charge is 2.16. The van der Waals surface area contributed by atoms with E-state index in [-0.39, 0.29) is 5.13 Å². The number of halogens is 1. The van der Waals surface area contributed by atoms with Crippen LogP contribution in [0, 0.1) is 0 Å². The molecule has 1 heterocycles. The number of hydrogen-bond donors (Lipinski definition) is 3. The number of anilines is 2. The normalized spacial score (nSPS) is 11.7. The van der Waals surface area contributed by atoms with Crippen molar-refractivity contribution in [2.24, 2.45) is 0 Å². The largest absolute Gasteiger partial charge is 0.480 e. The van der Waals surface area contributed by atoms with Gasteiger partial charge in [-0.1, -0.05) is 34.7 Å². The van der Waals surface area contributed by atoms with Gasteiger partial charge in [0.1, 0.15) is 5.25 Å². The van der Waals surface area contributed by atoms with E-state index in [1.54, 1.807) is 31.2 Å². The van der Waals surface area contributed by atoms with Crippen molar-refractivity contribution in [3.8, 4) is 0 Å². The van der Waals surface area contributed by atoms with Crippen molar-refractivity contribution in [1.29, 1.82) is 0 Å². The molecule has 3 N–H and O–H groups in total. The Balaban J connectivity index is 1.90. The minimum atomic E-state index is -0.935. The zero-order chi connectivity index (χ0) is 16.1. The summed E-state index contributed by atoms with van der Waals surface area (Å²) in [6.07, 6.45) is 0. The van der Waals surface area contributed by atoms with Gasteiger partial charge in [-0.25, -0.2) is 4.79 Å². The van der Waals surface area contributed by atoms with Crippen molar-refractivity contribution in [3.05, 3.63) is 29.3 Å². The zero-order valence-electron chi connectivity index (χ0n) is 11.2. The third-order valence-electron chi connectivity index (χ3n) is 2.35. The maximum absolute atomic E-state index is 11.8. The van der Waals surface area contributed by atoms with E-state index in [1.807, 2.05) is 0 Å². The van der Waals surface area contributed by atoms with Crippen LogP contribution in [0.5, 0.6) is 0 Å². The zero-order valence-corrected chi connectivity index (χ0v) is 13.6. The van der Waals surface area contributed by atoms with Crippen molar-refractivity contribution in [3.63, 3.8) is 0 Å². The van der Waals surface area contributed by atoms with Gasteiger partial charge in [-0.2, -0.15) is 0 Å². The molecule has 0 unspecified atom stereocenters. The van der Waals surface area contributed by atoms with Crippen LogP contribution in [0.25, 0.3) is 0 Å². The Bertz CT molecular complexity index is 677. The van der Waals surface area contributed by atoms with Crippen molar-refractivity contribution in [1.82, 2.24) is 10.2 Å². The Morgan fingerprint density at radius 2 is 1.95 bits per heavy atom. The van der Waals surface area contributed by atoms with Crippen LogP contribution < -0.4 is 10.6 Å². The average molecular weight is 359 g/mol. The Labute approximate surface area is 139 Å². The summed E-state index contributed by atoms with van der Waals surface area (Å²) < 4.78 is 0.469. The van der Waals surface area contributed by atoms with Crippen molar-refractivity contribution in [2.75, 3.05) is 10.6 Å². The second kappa shape index (κ2) is 7.43. The molecule has 2 rings (SSSR count). The lowest BCUT2D eigenvalue weighted by Gasteiger charge is -2.04. The van der Waals surface area contributed by atoms with Gasteiger partial charge in [0, 0.05) is 10.7 Å². The highest BCUT2D eigenvalue weighted by atomic mass is 35.5. The Kier molecular flexibility index (Phi) is 5.58. The summed E-state index contributed by atoms with van der Waals surface area (Å²) in [5, 5.41) is 21.8. The number of aromatic nitrogens is 2. The molecule has 0 aliphatic rings. The third-order valence-corrected chi connectivity index (χ3v) is 4.62. The number of carboxylic acid groups (broad SMARTS) is 1. The van der Waals surface area contributed by atoms with Crippen LogP contribution >= 0.6 is 34.7 Å². The van der Waals surface area contributed by atoms with E-state index in [0.29, 0.717) is 15.0 Å². The molecule has 0 aliphatic heterocycles. The highest BCUT2D eigenvalue weighted by Crippen LogP contribution is 2.28. The fourth-order valence-corrected chi connectivity index (χ4v) is 3.25. The molecule has 10 heteroatoms. The molecule has 22 heavy (non-hydrogen) atoms. The molecule has 7 nitrogen and oxygen atoms in total. The number of benzene rings is 1. The van der Waals surface area contributed by atoms with Gasteiger partial charge in [0.15, 0.2) is 4.34 Å². The topological polar surface area (TPSA) is 104 Å². The van der Waals surface area contributed by atoms with Gasteiger partial charge >= 0.3 is 12.0 Å². The third kappa shape index (κ3) is 4.86. The predicted molar refractivity (Wildman–Crippen MR) is 87.0 cm³/mol. The van der Waals surface area contributed by atoms with Crippen LogP contribution in [-0.4, -0.2) is 32.6 Å². The van der Waals surface area contributed by atoms with Gasteiger partial charge in [-0.05, 0) is 31.2 Å². The number of thioether (sulfide) groups is 1. The van der Waals surface area contributed by atoms with Crippen molar-refractivity contribution in [2.45, 2.75) is 16.5 Å². The molecule has 0 spiro atoms. The van der Waals surface area contributed by atoms with Gasteiger partial charge in [0.2, 0.25) is 5.13 Å². The molecule has 1 atom stereocenters. The summed E-state index contributed by atoms with van der Waals surface area (Å²) in [6.45, 7) is 1.55. The number of urea groups is 1. The number of nitrogens with zero attached hydrogens (tertiary/aromatic N) is 2. The van der Waals surface area contributed by atoms with Gasteiger partial charge in [0.05, 0.1) is 0 Å². The number of carbonyl (C=O) groups excluding carboxylic acids is 1. The summed E-state index contributed by atoms with van der Waals surface area (Å²) in [4.78, 5) is 22.6. The molecule has 0 radical (unpaired) electrons. The molecule has 0 bridgehead atoms. The average Bonchev–Trinajstić information content (AvgIpc) is 2.88. The lowest BCUT2D eigenvalue weighted by molar-refractivity contribution is -0.136. The van der Waals surface area contributed by atoms with E-state index in [0.717, 1.165) is 23.1 Å². The highest BCUT2D eigenvalue weighted by molar-refractivity contribution is 8.02. The maximum Gasteiger partial charge on any atom is 0.325 e. The Morgan fingerprint density at radius 3 is 2.59 bits per heavy atom. The van der Waals surface area contributed by atoms with Crippen LogP contribution in [0.1, 0.15) is 6.92 Å². The summed E-state index contributed by atoms with van der Waals surface area (Å²) in [5.41, 5.74) is 0.584. The van der Waals surface area contributed by atoms with Gasteiger partial charge in [-0.15, -0.1) is 10.2 Å². The van der Waals surface area contributed by atoms with E-state index >= 15 is 0 Å². The Morgan fingerprint density at radius 1 is 1.27 bits per heavy atom. The minimum Gasteiger partial charge on any atom is -0.480 e. The van der Waals surface area contributed by atoms with Gasteiger partial charge in [0.25, 0.3) is 0 Å². The number of rotatable bonds is 5. The predicted octanol–water partition coefficient (Wildman–Crippen LogP) is 3.40. The monoisotopic (exact) mass is 358 g/mol. The van der Waals surface area contributed by atoms with Crippen molar-refractivity contribution < 1.29 is 14.7 Å².